The minimum absolute atomic E-state index is 0.0995. The van der Waals surface area contributed by atoms with Crippen LogP contribution in [0.2, 0.25) is 10.0 Å². The van der Waals surface area contributed by atoms with Crippen molar-refractivity contribution in [3.8, 4) is 0 Å². The van der Waals surface area contributed by atoms with E-state index in [1.165, 1.54) is 10.5 Å². The van der Waals surface area contributed by atoms with E-state index < -0.39 is 0 Å². The van der Waals surface area contributed by atoms with Crippen molar-refractivity contribution in [2.75, 3.05) is 13.1 Å². The smallest absolute Gasteiger partial charge is 0.103 e. The Morgan fingerprint density at radius 3 is 2.50 bits per heavy atom. The van der Waals surface area contributed by atoms with Gasteiger partial charge in [-0.05, 0) is 12.1 Å². The van der Waals surface area contributed by atoms with Crippen molar-refractivity contribution in [2.24, 2.45) is 0 Å². The number of benzene rings is 1. The Labute approximate surface area is 106 Å². The van der Waals surface area contributed by atoms with E-state index in [0.717, 1.165) is 32.5 Å². The van der Waals surface area contributed by atoms with Gasteiger partial charge in [0.05, 0.1) is 29.2 Å². The van der Waals surface area contributed by atoms with Crippen LogP contribution in [0.4, 0.5) is 0 Å². The summed E-state index contributed by atoms with van der Waals surface area (Å²) in [5, 5.41) is 10.6. The van der Waals surface area contributed by atoms with E-state index in [9.17, 15) is 5.11 Å². The maximum atomic E-state index is 9.42. The molecule has 0 aromatic heterocycles. The molecule has 1 fully saturated rings. The van der Waals surface area contributed by atoms with Gasteiger partial charge < -0.3 is 10.0 Å². The third kappa shape index (κ3) is 3.11. The molecule has 1 aliphatic rings. The molecule has 2 N–H and O–H groups in total. The van der Waals surface area contributed by atoms with Gasteiger partial charge in [-0.1, -0.05) is 29.3 Å². The molecule has 0 aliphatic carbocycles. The van der Waals surface area contributed by atoms with Crippen LogP contribution in [0.1, 0.15) is 18.4 Å². The summed E-state index contributed by atoms with van der Waals surface area (Å²) < 4.78 is 0. The summed E-state index contributed by atoms with van der Waals surface area (Å²) in [5.41, 5.74) is 1.21. The molecular weight excluding hydrogens is 245 g/mol. The van der Waals surface area contributed by atoms with E-state index in [0.29, 0.717) is 10.0 Å². The number of halogens is 2. The number of hydrogen-bond acceptors (Lipinski definition) is 1. The lowest BCUT2D eigenvalue weighted by molar-refractivity contribution is -0.919. The molecule has 1 saturated heterocycles. The quantitative estimate of drug-likeness (QED) is 0.829. The van der Waals surface area contributed by atoms with Crippen molar-refractivity contribution in [2.45, 2.75) is 25.5 Å². The van der Waals surface area contributed by atoms with Gasteiger partial charge in [0, 0.05) is 18.4 Å². The highest BCUT2D eigenvalue weighted by Crippen LogP contribution is 2.22. The fraction of sp³-hybridized carbons (Fsp3) is 0.500. The lowest BCUT2D eigenvalue weighted by Gasteiger charge is -2.26. The molecule has 0 saturated carbocycles. The number of rotatable bonds is 2. The van der Waals surface area contributed by atoms with Crippen LogP contribution in [-0.2, 0) is 6.54 Å². The van der Waals surface area contributed by atoms with Crippen LogP contribution >= 0.6 is 23.2 Å². The van der Waals surface area contributed by atoms with Gasteiger partial charge in [-0.3, -0.25) is 0 Å². The largest absolute Gasteiger partial charge is 0.393 e. The Morgan fingerprint density at radius 1 is 1.19 bits per heavy atom. The number of hydrogen-bond donors (Lipinski definition) is 2. The Kier molecular flexibility index (Phi) is 4.09. The molecule has 1 aromatic carbocycles. The highest BCUT2D eigenvalue weighted by atomic mass is 35.5. The summed E-state index contributed by atoms with van der Waals surface area (Å²) in [4.78, 5) is 1.50. The van der Waals surface area contributed by atoms with Gasteiger partial charge in [-0.2, -0.15) is 0 Å². The summed E-state index contributed by atoms with van der Waals surface area (Å²) in [6.45, 7) is 3.02. The number of likely N-dealkylation sites (tertiary alicyclic amines) is 1. The van der Waals surface area contributed by atoms with Gasteiger partial charge in [-0.15, -0.1) is 0 Å². The molecule has 0 radical (unpaired) electrons. The second kappa shape index (κ2) is 5.37. The lowest BCUT2D eigenvalue weighted by atomic mass is 10.1. The predicted octanol–water partition coefficient (Wildman–Crippen LogP) is 1.53. The molecule has 0 spiro atoms. The third-order valence-corrected chi connectivity index (χ3v) is 3.84. The van der Waals surface area contributed by atoms with Crippen molar-refractivity contribution in [1.82, 2.24) is 0 Å². The Morgan fingerprint density at radius 2 is 1.88 bits per heavy atom. The summed E-state index contributed by atoms with van der Waals surface area (Å²) in [7, 11) is 0. The summed E-state index contributed by atoms with van der Waals surface area (Å²) in [6.07, 6.45) is 1.70. The zero-order valence-corrected chi connectivity index (χ0v) is 10.6. The van der Waals surface area contributed by atoms with E-state index in [-0.39, 0.29) is 6.10 Å². The maximum Gasteiger partial charge on any atom is 0.103 e. The van der Waals surface area contributed by atoms with Crippen LogP contribution < -0.4 is 4.90 Å². The molecule has 88 valence electrons. The Bertz CT molecular complexity index is 362. The number of piperidine rings is 1. The third-order valence-electron chi connectivity index (χ3n) is 3.10. The van der Waals surface area contributed by atoms with E-state index >= 15 is 0 Å². The first kappa shape index (κ1) is 12.2. The van der Waals surface area contributed by atoms with Crippen molar-refractivity contribution in [3.05, 3.63) is 33.8 Å². The molecule has 1 aromatic rings. The number of aliphatic hydroxyl groups is 1. The predicted molar refractivity (Wildman–Crippen MR) is 66.1 cm³/mol. The van der Waals surface area contributed by atoms with Gasteiger partial charge >= 0.3 is 0 Å². The highest BCUT2D eigenvalue weighted by molar-refractivity contribution is 6.41. The SMILES string of the molecule is OC1CC[NH+](Cc2ccc(Cl)c(Cl)c2)CC1. The normalized spacial score (nSPS) is 25.7. The Balaban J connectivity index is 1.96. The monoisotopic (exact) mass is 260 g/mol. The molecule has 2 rings (SSSR count). The first-order valence-electron chi connectivity index (χ1n) is 5.60. The summed E-state index contributed by atoms with van der Waals surface area (Å²) >= 11 is 11.8. The van der Waals surface area contributed by atoms with Crippen LogP contribution in [0.3, 0.4) is 0 Å². The fourth-order valence-corrected chi connectivity index (χ4v) is 2.45. The highest BCUT2D eigenvalue weighted by Gasteiger charge is 2.20. The number of quaternary nitrogens is 1. The van der Waals surface area contributed by atoms with Crippen LogP contribution in [0.15, 0.2) is 18.2 Å². The average Bonchev–Trinajstić information content (AvgIpc) is 2.27. The standard InChI is InChI=1S/C12H15Cl2NO/c13-11-2-1-9(7-12(11)14)8-15-5-3-10(16)4-6-15/h1-2,7,10,16H,3-6,8H2/p+1. The molecular formula is C12H16Cl2NO+. The van der Waals surface area contributed by atoms with Gasteiger partial charge in [-0.25, -0.2) is 0 Å². The molecule has 0 amide bonds. The van der Waals surface area contributed by atoms with Crippen LogP contribution in [0.25, 0.3) is 0 Å². The topological polar surface area (TPSA) is 24.7 Å². The second-order valence-corrected chi connectivity index (χ2v) is 5.22. The molecule has 0 unspecified atom stereocenters. The number of aliphatic hydroxyl groups excluding tert-OH is 1. The van der Waals surface area contributed by atoms with Gasteiger partial charge in [0.15, 0.2) is 0 Å². The van der Waals surface area contributed by atoms with Crippen molar-refractivity contribution >= 4 is 23.2 Å². The zero-order chi connectivity index (χ0) is 11.5. The maximum absolute atomic E-state index is 9.42. The van der Waals surface area contributed by atoms with Crippen molar-refractivity contribution in [3.63, 3.8) is 0 Å². The first-order chi connectivity index (χ1) is 7.65. The van der Waals surface area contributed by atoms with Gasteiger partial charge in [0.2, 0.25) is 0 Å². The average molecular weight is 261 g/mol. The van der Waals surface area contributed by atoms with Crippen molar-refractivity contribution < 1.29 is 10.0 Å². The van der Waals surface area contributed by atoms with E-state index in [4.69, 9.17) is 23.2 Å². The molecule has 16 heavy (non-hydrogen) atoms. The van der Waals surface area contributed by atoms with Crippen molar-refractivity contribution in [1.29, 1.82) is 0 Å². The fourth-order valence-electron chi connectivity index (χ4n) is 2.13. The van der Waals surface area contributed by atoms with Crippen LogP contribution in [0.5, 0.6) is 0 Å². The van der Waals surface area contributed by atoms with E-state index in [2.05, 4.69) is 0 Å². The van der Waals surface area contributed by atoms with E-state index in [1.807, 2.05) is 18.2 Å². The first-order valence-corrected chi connectivity index (χ1v) is 6.36. The second-order valence-electron chi connectivity index (χ2n) is 4.41. The lowest BCUT2D eigenvalue weighted by Crippen LogP contribution is -3.12. The van der Waals surface area contributed by atoms with Crippen LogP contribution in [-0.4, -0.2) is 24.3 Å². The Hall–Kier alpha value is -0.280. The molecule has 0 atom stereocenters. The van der Waals surface area contributed by atoms with Gasteiger partial charge in [0.1, 0.15) is 6.54 Å². The molecule has 1 aliphatic heterocycles. The van der Waals surface area contributed by atoms with Crippen LogP contribution in [0, 0.1) is 0 Å². The molecule has 1 heterocycles. The molecule has 0 bridgehead atoms. The minimum Gasteiger partial charge on any atom is -0.393 e. The summed E-state index contributed by atoms with van der Waals surface area (Å²) in [6, 6.07) is 5.80. The minimum atomic E-state index is -0.0995. The number of nitrogens with one attached hydrogen (secondary N) is 1. The van der Waals surface area contributed by atoms with Gasteiger partial charge in [0.25, 0.3) is 0 Å². The molecule has 4 heteroatoms. The zero-order valence-electron chi connectivity index (χ0n) is 9.05. The molecule has 2 nitrogen and oxygen atoms in total. The summed E-state index contributed by atoms with van der Waals surface area (Å²) in [5.74, 6) is 0. The van der Waals surface area contributed by atoms with E-state index in [1.54, 1.807) is 0 Å².